The van der Waals surface area contributed by atoms with Gasteiger partial charge in [-0.1, -0.05) is 18.2 Å². The lowest BCUT2D eigenvalue weighted by atomic mass is 10.1. The largest absolute Gasteiger partial charge is 0.493 e. The number of hydrogen-bond donors (Lipinski definition) is 3. The molecule has 0 fully saturated rings. The summed E-state index contributed by atoms with van der Waals surface area (Å²) < 4.78 is 28.3. The first-order valence-corrected chi connectivity index (χ1v) is 11.3. The maximum absolute atomic E-state index is 13.5. The molecule has 2 aromatic carbocycles. The minimum atomic E-state index is -3.88. The maximum atomic E-state index is 13.5. The van der Waals surface area contributed by atoms with Crippen molar-refractivity contribution in [2.45, 2.75) is 24.7 Å². The zero-order valence-electron chi connectivity index (χ0n) is 17.2. The molecule has 0 amide bonds. The van der Waals surface area contributed by atoms with Gasteiger partial charge in [0.25, 0.3) is 0 Å². The average molecular weight is 444 g/mol. The van der Waals surface area contributed by atoms with Crippen LogP contribution in [0.3, 0.4) is 0 Å². The van der Waals surface area contributed by atoms with Crippen molar-refractivity contribution in [2.24, 2.45) is 5.73 Å². The zero-order valence-corrected chi connectivity index (χ0v) is 18.0. The van der Waals surface area contributed by atoms with Crippen molar-refractivity contribution in [1.29, 1.82) is 0 Å². The van der Waals surface area contributed by atoms with Crippen LogP contribution in [0.2, 0.25) is 0 Å². The minimum absolute atomic E-state index is 0.0986. The molecule has 4 N–H and O–H groups in total. The molecule has 0 aliphatic carbocycles. The van der Waals surface area contributed by atoms with Gasteiger partial charge in [0.1, 0.15) is 0 Å². The second kappa shape index (κ2) is 9.42. The molecule has 1 aromatic heterocycles. The fraction of sp³-hybridized carbons (Fsp3) is 0.273. The van der Waals surface area contributed by atoms with Gasteiger partial charge >= 0.3 is 5.97 Å². The van der Waals surface area contributed by atoms with Gasteiger partial charge in [-0.2, -0.15) is 4.31 Å². The Hall–Kier alpha value is -3.01. The summed E-state index contributed by atoms with van der Waals surface area (Å²) in [5, 5.41) is 20.0. The van der Waals surface area contributed by atoms with Gasteiger partial charge in [0.05, 0.1) is 10.5 Å². The number of aromatic carboxylic acids is 1. The van der Waals surface area contributed by atoms with Crippen LogP contribution in [0.4, 0.5) is 0 Å². The summed E-state index contributed by atoms with van der Waals surface area (Å²) in [6, 6.07) is 11.3. The molecule has 0 spiro atoms. The number of carboxylic acid groups (broad SMARTS) is 1. The number of aryl methyl sites for hydroxylation is 2. The third kappa shape index (κ3) is 4.84. The molecular formula is C22H25N3O5S. The van der Waals surface area contributed by atoms with Crippen LogP contribution >= 0.6 is 0 Å². The molecule has 0 radical (unpaired) electrons. The van der Waals surface area contributed by atoms with E-state index in [4.69, 9.17) is 10.8 Å². The molecular weight excluding hydrogens is 418 g/mol. The van der Waals surface area contributed by atoms with Gasteiger partial charge in [-0.25, -0.2) is 18.2 Å². The van der Waals surface area contributed by atoms with Crippen LogP contribution in [0.5, 0.6) is 5.88 Å². The van der Waals surface area contributed by atoms with E-state index in [9.17, 15) is 18.3 Å². The number of aromatic hydroxyl groups is 1. The first kappa shape index (κ1) is 22.7. The number of nitrogens with zero attached hydrogens (tertiary/aromatic N) is 2. The molecule has 31 heavy (non-hydrogen) atoms. The number of hydrogen-bond acceptors (Lipinski definition) is 6. The summed E-state index contributed by atoms with van der Waals surface area (Å²) in [6.45, 7) is 2.27. The summed E-state index contributed by atoms with van der Waals surface area (Å²) in [5.41, 5.74) is 7.35. The minimum Gasteiger partial charge on any atom is -0.493 e. The lowest BCUT2D eigenvalue weighted by Gasteiger charge is -2.23. The molecule has 8 nitrogen and oxygen atoms in total. The molecule has 0 saturated heterocycles. The Morgan fingerprint density at radius 2 is 1.90 bits per heavy atom. The quantitative estimate of drug-likeness (QED) is 0.463. The summed E-state index contributed by atoms with van der Waals surface area (Å²) in [5.74, 6) is -1.22. The fourth-order valence-corrected chi connectivity index (χ4v) is 5.36. The Bertz CT molecular complexity index is 1210. The highest BCUT2D eigenvalue weighted by molar-refractivity contribution is 7.89. The van der Waals surface area contributed by atoms with Crippen molar-refractivity contribution in [2.75, 3.05) is 19.6 Å². The van der Waals surface area contributed by atoms with Crippen molar-refractivity contribution in [1.82, 2.24) is 9.29 Å². The average Bonchev–Trinajstić information content (AvgIpc) is 2.75. The van der Waals surface area contributed by atoms with Crippen molar-refractivity contribution in [3.8, 4) is 5.88 Å². The first-order chi connectivity index (χ1) is 14.8. The lowest BCUT2D eigenvalue weighted by molar-refractivity contribution is 0.0696. The molecule has 0 aliphatic rings. The fourth-order valence-electron chi connectivity index (χ4n) is 3.59. The SMILES string of the molecule is Cc1cnc(O)c2cccc(S(=O)(=O)N(CCN)CCCc3cccc(C(=O)O)c3)c12. The van der Waals surface area contributed by atoms with Crippen LogP contribution < -0.4 is 5.73 Å². The van der Waals surface area contributed by atoms with Gasteiger partial charge in [-0.15, -0.1) is 0 Å². The van der Waals surface area contributed by atoms with E-state index < -0.39 is 16.0 Å². The zero-order chi connectivity index (χ0) is 22.6. The third-order valence-electron chi connectivity index (χ3n) is 5.09. The summed E-state index contributed by atoms with van der Waals surface area (Å²) in [6.07, 6.45) is 2.47. The van der Waals surface area contributed by atoms with E-state index in [0.29, 0.717) is 29.2 Å². The van der Waals surface area contributed by atoms with Crippen molar-refractivity contribution >= 4 is 26.8 Å². The highest BCUT2D eigenvalue weighted by Gasteiger charge is 2.27. The topological polar surface area (TPSA) is 134 Å². The number of fused-ring (bicyclic) bond motifs is 1. The Balaban J connectivity index is 1.87. The molecule has 164 valence electrons. The van der Waals surface area contributed by atoms with Gasteiger partial charge in [0.2, 0.25) is 15.9 Å². The van der Waals surface area contributed by atoms with Crippen LogP contribution in [-0.4, -0.2) is 53.5 Å². The van der Waals surface area contributed by atoms with Gasteiger partial charge in [-0.05, 0) is 55.2 Å². The van der Waals surface area contributed by atoms with E-state index in [-0.39, 0.29) is 36.0 Å². The maximum Gasteiger partial charge on any atom is 0.335 e. The summed E-state index contributed by atoms with van der Waals surface area (Å²) in [4.78, 5) is 15.1. The number of aromatic nitrogens is 1. The number of carboxylic acids is 1. The predicted molar refractivity (Wildman–Crippen MR) is 118 cm³/mol. The van der Waals surface area contributed by atoms with E-state index >= 15 is 0 Å². The number of benzene rings is 2. The second-order valence-corrected chi connectivity index (χ2v) is 9.15. The molecule has 0 saturated carbocycles. The van der Waals surface area contributed by atoms with Gasteiger partial charge in [0, 0.05) is 36.6 Å². The van der Waals surface area contributed by atoms with Gasteiger partial charge in [-0.3, -0.25) is 0 Å². The van der Waals surface area contributed by atoms with E-state index in [1.807, 2.05) is 6.07 Å². The van der Waals surface area contributed by atoms with Gasteiger partial charge in [0.15, 0.2) is 0 Å². The number of nitrogens with two attached hydrogens (primary N) is 1. The predicted octanol–water partition coefficient (Wildman–Crippen LogP) is 2.53. The van der Waals surface area contributed by atoms with Crippen LogP contribution in [0.25, 0.3) is 10.8 Å². The molecule has 1 heterocycles. The Kier molecular flexibility index (Phi) is 6.89. The number of sulfonamides is 1. The smallest absolute Gasteiger partial charge is 0.335 e. The van der Waals surface area contributed by atoms with Crippen molar-refractivity contribution in [3.05, 3.63) is 65.4 Å². The molecule has 0 unspecified atom stereocenters. The molecule has 3 aromatic rings. The van der Waals surface area contributed by atoms with E-state index in [0.717, 1.165) is 5.56 Å². The van der Waals surface area contributed by atoms with Crippen LogP contribution in [-0.2, 0) is 16.4 Å². The lowest BCUT2D eigenvalue weighted by Crippen LogP contribution is -2.36. The van der Waals surface area contributed by atoms with Gasteiger partial charge < -0.3 is 15.9 Å². The highest BCUT2D eigenvalue weighted by atomic mass is 32.2. The molecule has 0 atom stereocenters. The van der Waals surface area contributed by atoms with E-state index in [1.54, 1.807) is 31.2 Å². The normalized spacial score (nSPS) is 11.8. The second-order valence-electron chi connectivity index (χ2n) is 7.25. The van der Waals surface area contributed by atoms with Crippen LogP contribution in [0, 0.1) is 6.92 Å². The Labute approximate surface area is 181 Å². The van der Waals surface area contributed by atoms with E-state index in [1.165, 1.54) is 22.6 Å². The Morgan fingerprint density at radius 3 is 2.61 bits per heavy atom. The first-order valence-electron chi connectivity index (χ1n) is 9.85. The Morgan fingerprint density at radius 1 is 1.16 bits per heavy atom. The van der Waals surface area contributed by atoms with Crippen molar-refractivity contribution in [3.63, 3.8) is 0 Å². The molecule has 9 heteroatoms. The molecule has 3 rings (SSSR count). The van der Waals surface area contributed by atoms with Crippen LogP contribution in [0.15, 0.2) is 53.6 Å². The monoisotopic (exact) mass is 443 g/mol. The summed E-state index contributed by atoms with van der Waals surface area (Å²) >= 11 is 0. The number of rotatable bonds is 9. The number of pyridine rings is 1. The highest BCUT2D eigenvalue weighted by Crippen LogP contribution is 2.32. The number of carbonyl (C=O) groups is 1. The third-order valence-corrected chi connectivity index (χ3v) is 7.03. The van der Waals surface area contributed by atoms with Crippen molar-refractivity contribution < 1.29 is 23.4 Å². The van der Waals surface area contributed by atoms with Crippen LogP contribution in [0.1, 0.15) is 27.9 Å². The standard InChI is InChI=1S/C22H25N3O5S/c1-15-14-24-21(26)18-8-3-9-19(20(15)18)31(29,30)25(12-10-23)11-4-6-16-5-2-7-17(13-16)22(27)28/h2-3,5,7-9,13-14H,4,6,10-12,23H2,1H3,(H,24,26)(H,27,28). The molecule has 0 aliphatic heterocycles. The molecule has 0 bridgehead atoms. The summed E-state index contributed by atoms with van der Waals surface area (Å²) in [7, 11) is -3.88. The van der Waals surface area contributed by atoms with E-state index in [2.05, 4.69) is 4.98 Å².